The van der Waals surface area contributed by atoms with Crippen LogP contribution in [-0.4, -0.2) is 67.8 Å². The van der Waals surface area contributed by atoms with Gasteiger partial charge in [-0.05, 0) is 6.42 Å². The molecule has 0 aliphatic carbocycles. The van der Waals surface area contributed by atoms with Gasteiger partial charge in [0.1, 0.15) is 5.75 Å². The lowest BCUT2D eigenvalue weighted by atomic mass is 10.2. The molecule has 172 valence electrons. The molecule has 0 saturated carbocycles. The van der Waals surface area contributed by atoms with Crippen molar-refractivity contribution in [1.29, 1.82) is 0 Å². The number of amides is 1. The molecule has 0 aromatic carbocycles. The van der Waals surface area contributed by atoms with E-state index in [1.165, 1.54) is 0 Å². The van der Waals surface area contributed by atoms with Gasteiger partial charge >= 0.3 is 24.4 Å². The first-order valence-corrected chi connectivity index (χ1v) is 8.94. The van der Waals surface area contributed by atoms with Crippen molar-refractivity contribution >= 4 is 22.2 Å². The lowest BCUT2D eigenvalue weighted by Gasteiger charge is -2.25. The van der Waals surface area contributed by atoms with Crippen LogP contribution in [0.3, 0.4) is 0 Å². The molecule has 0 aliphatic heterocycles. The van der Waals surface area contributed by atoms with E-state index in [1.807, 2.05) is 0 Å². The van der Waals surface area contributed by atoms with Crippen LogP contribution in [0.25, 0.3) is 0 Å². The maximum absolute atomic E-state index is 12.8. The third kappa shape index (κ3) is 11.6. The molecule has 0 radical (unpaired) electrons. The molecule has 0 heterocycles. The Morgan fingerprint density at radius 3 is 1.90 bits per heavy atom. The van der Waals surface area contributed by atoms with E-state index in [-0.39, 0.29) is 6.92 Å². The Balaban J connectivity index is 4.55. The van der Waals surface area contributed by atoms with Gasteiger partial charge in [-0.15, -0.1) is 0 Å². The van der Waals surface area contributed by atoms with Crippen molar-refractivity contribution in [3.8, 4) is 0 Å². The monoisotopic (exact) mass is 469 g/mol. The Hall–Kier alpha value is -1.91. The van der Waals surface area contributed by atoms with Gasteiger partial charge in [0, 0.05) is 19.9 Å². The van der Waals surface area contributed by atoms with E-state index in [0.717, 1.165) is 0 Å². The molecular formula is C12H15F8NO7S. The van der Waals surface area contributed by atoms with E-state index < -0.39 is 77.8 Å². The van der Waals surface area contributed by atoms with Crippen molar-refractivity contribution in [2.24, 2.45) is 0 Å². The zero-order valence-corrected chi connectivity index (χ0v) is 15.1. The molecule has 0 bridgehead atoms. The lowest BCUT2D eigenvalue weighted by Crippen LogP contribution is -2.48. The minimum absolute atomic E-state index is 0.141. The molecule has 2 unspecified atom stereocenters. The predicted molar refractivity (Wildman–Crippen MR) is 76.5 cm³/mol. The van der Waals surface area contributed by atoms with Crippen LogP contribution in [0.4, 0.5) is 39.9 Å². The number of carbonyl (C=O) groups excluding carboxylic acids is 2. The number of hydrogen-bond acceptors (Lipinski definition) is 6. The fourth-order valence-electron chi connectivity index (χ4n) is 1.63. The summed E-state index contributed by atoms with van der Waals surface area (Å²) in [5.41, 5.74) is 0. The van der Waals surface area contributed by atoms with Gasteiger partial charge < -0.3 is 14.8 Å². The highest BCUT2D eigenvalue weighted by Crippen LogP contribution is 2.34. The van der Waals surface area contributed by atoms with Gasteiger partial charge in [-0.2, -0.15) is 34.8 Å². The number of alkyl halides is 8. The number of halogens is 8. The van der Waals surface area contributed by atoms with Crippen LogP contribution in [0, 0.1) is 0 Å². The summed E-state index contributed by atoms with van der Waals surface area (Å²) in [6.45, 7) is -0.819. The zero-order valence-electron chi connectivity index (χ0n) is 14.3. The first-order valence-electron chi connectivity index (χ1n) is 7.34. The van der Waals surface area contributed by atoms with E-state index in [9.17, 15) is 53.1 Å². The predicted octanol–water partition coefficient (Wildman–Crippen LogP) is 2.44. The number of alkyl carbamates (subject to hydrolysis) is 1. The maximum atomic E-state index is 12.8. The Labute approximate surface area is 158 Å². The van der Waals surface area contributed by atoms with Crippen LogP contribution < -0.4 is 5.32 Å². The van der Waals surface area contributed by atoms with Crippen LogP contribution in [0.1, 0.15) is 19.8 Å². The van der Waals surface area contributed by atoms with Crippen LogP contribution in [0.15, 0.2) is 0 Å². The Morgan fingerprint density at radius 1 is 1.00 bits per heavy atom. The number of ether oxygens (including phenoxy) is 2. The van der Waals surface area contributed by atoms with Gasteiger partial charge in [-0.3, -0.25) is 9.35 Å². The molecular weight excluding hydrogens is 454 g/mol. The van der Waals surface area contributed by atoms with Gasteiger partial charge in [-0.25, -0.2) is 13.6 Å². The topological polar surface area (TPSA) is 119 Å². The largest absolute Gasteiger partial charge is 0.451 e. The quantitative estimate of drug-likeness (QED) is 0.230. The fraction of sp³-hybridized carbons (Fsp3) is 0.833. The van der Waals surface area contributed by atoms with Gasteiger partial charge in [0.05, 0.1) is 0 Å². The maximum Gasteiger partial charge on any atom is 0.431 e. The average molecular weight is 469 g/mol. The van der Waals surface area contributed by atoms with Gasteiger partial charge in [0.15, 0.2) is 0 Å². The minimum atomic E-state index is -5.58. The lowest BCUT2D eigenvalue weighted by molar-refractivity contribution is -0.262. The van der Waals surface area contributed by atoms with E-state index in [4.69, 9.17) is 4.55 Å². The molecule has 0 fully saturated rings. The van der Waals surface area contributed by atoms with Crippen molar-refractivity contribution in [2.75, 3.05) is 12.3 Å². The standard InChI is InChI=1S/C12H15F8NO7S/c1-10(13,14)8(12(18,19)20)28-9(23)21-4-2-3-7(22)27-6(11(15,16)17)5-29(24,25)26/h6,8H,2-5H2,1H3,(H,21,23)(H,24,25,26). The molecule has 0 saturated heterocycles. The second kappa shape index (κ2) is 9.73. The smallest absolute Gasteiger partial charge is 0.431 e. The van der Waals surface area contributed by atoms with E-state index >= 15 is 0 Å². The molecule has 0 spiro atoms. The van der Waals surface area contributed by atoms with Gasteiger partial charge in [0.2, 0.25) is 6.10 Å². The Bertz CT molecular complexity index is 657. The molecule has 0 rings (SSSR count). The molecule has 0 aromatic rings. The van der Waals surface area contributed by atoms with Gasteiger partial charge in [-0.1, -0.05) is 0 Å². The Morgan fingerprint density at radius 2 is 1.52 bits per heavy atom. The number of carbonyl (C=O) groups is 2. The van der Waals surface area contributed by atoms with Crippen molar-refractivity contribution < 1.29 is 67.2 Å². The summed E-state index contributed by atoms with van der Waals surface area (Å²) in [5.74, 6) is -8.03. The van der Waals surface area contributed by atoms with Crippen LogP contribution in [-0.2, 0) is 24.4 Å². The first kappa shape index (κ1) is 27.1. The van der Waals surface area contributed by atoms with Gasteiger partial charge in [0.25, 0.3) is 22.1 Å². The molecule has 0 aliphatic rings. The molecule has 17 heteroatoms. The molecule has 8 nitrogen and oxygen atoms in total. The second-order valence-electron chi connectivity index (χ2n) is 5.58. The molecule has 2 atom stereocenters. The van der Waals surface area contributed by atoms with Crippen LogP contribution in [0.5, 0.6) is 0 Å². The second-order valence-corrected chi connectivity index (χ2v) is 7.08. The summed E-state index contributed by atoms with van der Waals surface area (Å²) in [6.07, 6.45) is -21.2. The molecule has 1 amide bonds. The number of esters is 1. The number of rotatable bonds is 9. The summed E-state index contributed by atoms with van der Waals surface area (Å²) in [4.78, 5) is 22.4. The summed E-state index contributed by atoms with van der Waals surface area (Å²) < 4.78 is 137. The van der Waals surface area contributed by atoms with Crippen molar-refractivity contribution in [3.05, 3.63) is 0 Å². The third-order valence-corrected chi connectivity index (χ3v) is 3.53. The normalized spacial score (nSPS) is 15.4. The molecule has 29 heavy (non-hydrogen) atoms. The van der Waals surface area contributed by atoms with E-state index in [0.29, 0.717) is 0 Å². The Kier molecular flexibility index (Phi) is 9.09. The van der Waals surface area contributed by atoms with E-state index in [1.54, 1.807) is 5.32 Å². The fourth-order valence-corrected chi connectivity index (χ4v) is 2.27. The SMILES string of the molecule is CC(F)(F)C(OC(=O)NCCCC(=O)OC(CS(=O)(=O)O)C(F)(F)F)C(F)(F)F. The van der Waals surface area contributed by atoms with Crippen molar-refractivity contribution in [1.82, 2.24) is 5.32 Å². The van der Waals surface area contributed by atoms with Crippen LogP contribution >= 0.6 is 0 Å². The summed E-state index contributed by atoms with van der Waals surface area (Å²) in [7, 11) is -5.15. The zero-order chi connectivity index (χ0) is 23.3. The summed E-state index contributed by atoms with van der Waals surface area (Å²) in [6, 6.07) is 0. The van der Waals surface area contributed by atoms with Crippen molar-refractivity contribution in [2.45, 2.75) is 50.2 Å². The molecule has 0 aromatic heterocycles. The number of nitrogens with one attached hydrogen (secondary N) is 1. The van der Waals surface area contributed by atoms with E-state index in [2.05, 4.69) is 9.47 Å². The highest BCUT2D eigenvalue weighted by atomic mass is 32.2. The number of hydrogen-bond donors (Lipinski definition) is 2. The first-order chi connectivity index (χ1) is 12.7. The average Bonchev–Trinajstić information content (AvgIpc) is 2.44. The van der Waals surface area contributed by atoms with Crippen molar-refractivity contribution in [3.63, 3.8) is 0 Å². The van der Waals surface area contributed by atoms with Crippen LogP contribution in [0.2, 0.25) is 0 Å². The minimum Gasteiger partial charge on any atom is -0.451 e. The highest BCUT2D eigenvalue weighted by molar-refractivity contribution is 7.85. The highest BCUT2D eigenvalue weighted by Gasteiger charge is 2.56. The third-order valence-electron chi connectivity index (χ3n) is 2.81. The summed E-state index contributed by atoms with van der Waals surface area (Å²) >= 11 is 0. The molecule has 2 N–H and O–H groups in total. The summed E-state index contributed by atoms with van der Waals surface area (Å²) in [5, 5.41) is 1.57.